The van der Waals surface area contributed by atoms with Crippen LogP contribution in [0.25, 0.3) is 0 Å². The van der Waals surface area contributed by atoms with Crippen LogP contribution in [-0.2, 0) is 28.6 Å². The lowest BCUT2D eigenvalue weighted by Crippen LogP contribution is -2.30. The van der Waals surface area contributed by atoms with Gasteiger partial charge in [0, 0.05) is 19.3 Å². The van der Waals surface area contributed by atoms with Gasteiger partial charge in [0.2, 0.25) is 0 Å². The molecule has 2 atom stereocenters. The van der Waals surface area contributed by atoms with Gasteiger partial charge in [-0.05, 0) is 31.1 Å². The van der Waals surface area contributed by atoms with Gasteiger partial charge in [0.05, 0.1) is 0 Å². The van der Waals surface area contributed by atoms with E-state index >= 15 is 0 Å². The molecular formula is C64H124O6. The Morgan fingerprint density at radius 1 is 0.300 bits per heavy atom. The lowest BCUT2D eigenvalue weighted by atomic mass is 9.99. The van der Waals surface area contributed by atoms with E-state index in [9.17, 15) is 14.4 Å². The number of unbranched alkanes of at least 4 members (excludes halogenated alkanes) is 42. The summed E-state index contributed by atoms with van der Waals surface area (Å²) >= 11 is 0. The van der Waals surface area contributed by atoms with Crippen molar-refractivity contribution in [3.05, 3.63) is 0 Å². The van der Waals surface area contributed by atoms with Crippen molar-refractivity contribution < 1.29 is 28.6 Å². The van der Waals surface area contributed by atoms with Crippen LogP contribution >= 0.6 is 0 Å². The first-order chi connectivity index (χ1) is 34.3. The molecule has 0 aliphatic carbocycles. The minimum atomic E-state index is -0.764. The third kappa shape index (κ3) is 55.7. The summed E-state index contributed by atoms with van der Waals surface area (Å²) in [6.45, 7) is 11.5. The molecule has 0 aromatic heterocycles. The Morgan fingerprint density at radius 3 is 0.814 bits per heavy atom. The summed E-state index contributed by atoms with van der Waals surface area (Å²) < 4.78 is 17.0. The second kappa shape index (κ2) is 56.7. The van der Waals surface area contributed by atoms with Gasteiger partial charge >= 0.3 is 17.9 Å². The summed E-state index contributed by atoms with van der Waals surface area (Å²) in [5.74, 6) is 0.889. The van der Waals surface area contributed by atoms with Crippen LogP contribution in [0.15, 0.2) is 0 Å². The number of rotatable bonds is 58. The van der Waals surface area contributed by atoms with Crippen molar-refractivity contribution >= 4 is 17.9 Å². The van der Waals surface area contributed by atoms with Crippen molar-refractivity contribution in [3.8, 4) is 0 Å². The van der Waals surface area contributed by atoms with Gasteiger partial charge in [-0.1, -0.05) is 324 Å². The predicted molar refractivity (Wildman–Crippen MR) is 303 cm³/mol. The highest BCUT2D eigenvalue weighted by molar-refractivity contribution is 5.71. The van der Waals surface area contributed by atoms with Crippen LogP contribution in [0.2, 0.25) is 0 Å². The molecule has 0 amide bonds. The van der Waals surface area contributed by atoms with Crippen LogP contribution in [-0.4, -0.2) is 37.2 Å². The molecule has 0 aromatic carbocycles. The van der Waals surface area contributed by atoms with Gasteiger partial charge in [0.15, 0.2) is 6.10 Å². The van der Waals surface area contributed by atoms with Crippen molar-refractivity contribution in [3.63, 3.8) is 0 Å². The Balaban J connectivity index is 4.28. The number of carbonyl (C=O) groups excluding carboxylic acids is 3. The van der Waals surface area contributed by atoms with E-state index in [1.54, 1.807) is 0 Å². The van der Waals surface area contributed by atoms with E-state index in [0.717, 1.165) is 69.6 Å². The summed E-state index contributed by atoms with van der Waals surface area (Å²) in [6, 6.07) is 0. The predicted octanol–water partition coefficient (Wildman–Crippen LogP) is 21.2. The van der Waals surface area contributed by atoms with Gasteiger partial charge in [0.25, 0.3) is 0 Å². The molecule has 0 radical (unpaired) electrons. The lowest BCUT2D eigenvalue weighted by Gasteiger charge is -2.18. The van der Waals surface area contributed by atoms with Crippen LogP contribution in [0.3, 0.4) is 0 Å². The summed E-state index contributed by atoms with van der Waals surface area (Å²) in [4.78, 5) is 38.3. The first-order valence-corrected chi connectivity index (χ1v) is 31.8. The first-order valence-electron chi connectivity index (χ1n) is 31.8. The topological polar surface area (TPSA) is 78.9 Å². The van der Waals surface area contributed by atoms with Crippen molar-refractivity contribution in [2.45, 2.75) is 368 Å². The number of hydrogen-bond acceptors (Lipinski definition) is 6. The second-order valence-electron chi connectivity index (χ2n) is 22.8. The van der Waals surface area contributed by atoms with Gasteiger partial charge in [-0.2, -0.15) is 0 Å². The van der Waals surface area contributed by atoms with E-state index in [2.05, 4.69) is 34.6 Å². The summed E-state index contributed by atoms with van der Waals surface area (Å²) in [7, 11) is 0. The van der Waals surface area contributed by atoms with E-state index in [0.29, 0.717) is 19.3 Å². The highest BCUT2D eigenvalue weighted by Crippen LogP contribution is 2.19. The quantitative estimate of drug-likeness (QED) is 0.0343. The smallest absolute Gasteiger partial charge is 0.306 e. The number of esters is 3. The molecule has 0 saturated heterocycles. The molecule has 0 aromatic rings. The van der Waals surface area contributed by atoms with Gasteiger partial charge in [-0.25, -0.2) is 0 Å². The number of carbonyl (C=O) groups is 3. The van der Waals surface area contributed by atoms with E-state index in [4.69, 9.17) is 14.2 Å². The molecule has 0 spiro atoms. The van der Waals surface area contributed by atoms with Gasteiger partial charge in [-0.15, -0.1) is 0 Å². The van der Waals surface area contributed by atoms with Crippen molar-refractivity contribution in [1.29, 1.82) is 0 Å². The average molecular weight is 990 g/mol. The molecule has 0 aliphatic rings. The SMILES string of the molecule is CCCCCCCCCCCCCCCCCCCCCC(=O)O[C@@H](COC(=O)CCCCCCCCCCCCCCCCCCC(C)C)COC(=O)CCCCCCCCCCCCC(C)CC. The first kappa shape index (κ1) is 68.4. The average Bonchev–Trinajstić information content (AvgIpc) is 3.35. The Morgan fingerprint density at radius 2 is 0.543 bits per heavy atom. The van der Waals surface area contributed by atoms with Crippen LogP contribution in [0.5, 0.6) is 0 Å². The molecule has 0 heterocycles. The third-order valence-corrected chi connectivity index (χ3v) is 15.1. The fraction of sp³-hybridized carbons (Fsp3) is 0.953. The zero-order chi connectivity index (χ0) is 51.1. The molecule has 0 rings (SSSR count). The lowest BCUT2D eigenvalue weighted by molar-refractivity contribution is -0.167. The molecule has 0 N–H and O–H groups in total. The fourth-order valence-electron chi connectivity index (χ4n) is 9.90. The number of hydrogen-bond donors (Lipinski definition) is 0. The highest BCUT2D eigenvalue weighted by Gasteiger charge is 2.19. The van der Waals surface area contributed by atoms with E-state index in [1.807, 2.05) is 0 Å². The van der Waals surface area contributed by atoms with Crippen LogP contribution < -0.4 is 0 Å². The Kier molecular flexibility index (Phi) is 55.4. The highest BCUT2D eigenvalue weighted by atomic mass is 16.6. The Bertz CT molecular complexity index is 1070. The van der Waals surface area contributed by atoms with E-state index in [1.165, 1.54) is 250 Å². The van der Waals surface area contributed by atoms with Gasteiger partial charge < -0.3 is 14.2 Å². The minimum Gasteiger partial charge on any atom is -0.462 e. The maximum atomic E-state index is 12.9. The fourth-order valence-corrected chi connectivity index (χ4v) is 9.90. The molecular weight excluding hydrogens is 865 g/mol. The van der Waals surface area contributed by atoms with Crippen LogP contribution in [0, 0.1) is 11.8 Å². The second-order valence-corrected chi connectivity index (χ2v) is 22.8. The van der Waals surface area contributed by atoms with Gasteiger partial charge in [-0.3, -0.25) is 14.4 Å². The number of ether oxygens (including phenoxy) is 3. The largest absolute Gasteiger partial charge is 0.462 e. The molecule has 1 unspecified atom stereocenters. The van der Waals surface area contributed by atoms with Crippen molar-refractivity contribution in [2.75, 3.05) is 13.2 Å². The molecule has 416 valence electrons. The normalized spacial score (nSPS) is 12.4. The Labute approximate surface area is 438 Å². The monoisotopic (exact) mass is 989 g/mol. The van der Waals surface area contributed by atoms with Crippen molar-refractivity contribution in [1.82, 2.24) is 0 Å². The zero-order valence-electron chi connectivity index (χ0n) is 48.2. The maximum absolute atomic E-state index is 12.9. The summed E-state index contributed by atoms with van der Waals surface area (Å²) in [5, 5.41) is 0. The zero-order valence-corrected chi connectivity index (χ0v) is 48.2. The summed E-state index contributed by atoms with van der Waals surface area (Å²) in [6.07, 6.45) is 62.4. The third-order valence-electron chi connectivity index (χ3n) is 15.1. The standard InChI is InChI=1S/C64H124O6/c1-6-8-9-10-11-12-13-14-15-16-17-18-23-26-29-36-41-46-51-56-64(67)70-61(58-69-63(66)55-50-45-40-35-31-30-33-38-43-48-53-60(5)7-2)57-68-62(65)54-49-44-39-34-28-25-22-20-19-21-24-27-32-37-42-47-52-59(3)4/h59-61H,6-58H2,1-5H3/t60?,61-/m0/s1. The molecule has 0 aliphatic heterocycles. The molecule has 0 bridgehead atoms. The summed E-state index contributed by atoms with van der Waals surface area (Å²) in [5.41, 5.74) is 0. The maximum Gasteiger partial charge on any atom is 0.306 e. The minimum absolute atomic E-state index is 0.0622. The van der Waals surface area contributed by atoms with Crippen LogP contribution in [0.4, 0.5) is 0 Å². The van der Waals surface area contributed by atoms with Crippen LogP contribution in [0.1, 0.15) is 362 Å². The van der Waals surface area contributed by atoms with E-state index in [-0.39, 0.29) is 31.1 Å². The molecule has 6 nitrogen and oxygen atoms in total. The van der Waals surface area contributed by atoms with Crippen molar-refractivity contribution in [2.24, 2.45) is 11.8 Å². The molecule has 0 saturated carbocycles. The Hall–Kier alpha value is -1.59. The van der Waals surface area contributed by atoms with E-state index < -0.39 is 6.10 Å². The van der Waals surface area contributed by atoms with Gasteiger partial charge in [0.1, 0.15) is 13.2 Å². The molecule has 70 heavy (non-hydrogen) atoms. The molecule has 6 heteroatoms. The molecule has 0 fully saturated rings.